The van der Waals surface area contributed by atoms with Gasteiger partial charge in [-0.05, 0) is 24.7 Å². The third-order valence-corrected chi connectivity index (χ3v) is 2.75. The van der Waals surface area contributed by atoms with Crippen molar-refractivity contribution < 1.29 is 14.6 Å². The summed E-state index contributed by atoms with van der Waals surface area (Å²) in [6.45, 7) is 0.246. The highest BCUT2D eigenvalue weighted by molar-refractivity contribution is 6.30. The Labute approximate surface area is 99.1 Å². The molecular formula is C11H15ClFNO2. The lowest BCUT2D eigenvalue weighted by atomic mass is 10.2. The molecule has 0 aliphatic heterocycles. The van der Waals surface area contributed by atoms with Crippen LogP contribution in [0.3, 0.4) is 0 Å². The maximum absolute atomic E-state index is 12.9. The predicted molar refractivity (Wildman–Crippen MR) is 60.8 cm³/mol. The second-order valence-corrected chi connectivity index (χ2v) is 4.09. The van der Waals surface area contributed by atoms with E-state index in [9.17, 15) is 4.39 Å². The molecule has 0 heterocycles. The van der Waals surface area contributed by atoms with E-state index < -0.39 is 5.82 Å². The number of likely N-dealkylation sites (N-methyl/N-ethyl adjacent to an activating group) is 1. The molecule has 2 N–H and O–H groups in total. The van der Waals surface area contributed by atoms with Crippen molar-refractivity contribution in [3.8, 4) is 0 Å². The van der Waals surface area contributed by atoms with Gasteiger partial charge in [0.15, 0.2) is 0 Å². The number of hydrogen-bond acceptors (Lipinski definition) is 3. The minimum Gasteiger partial charge on any atom is -0.395 e. The number of aliphatic hydroxyl groups is 2. The van der Waals surface area contributed by atoms with E-state index >= 15 is 0 Å². The fourth-order valence-corrected chi connectivity index (χ4v) is 1.59. The van der Waals surface area contributed by atoms with Gasteiger partial charge in [0.1, 0.15) is 5.82 Å². The third-order valence-electron chi connectivity index (χ3n) is 2.46. The molecule has 1 aromatic carbocycles. The number of halogens is 2. The van der Waals surface area contributed by atoms with Crippen molar-refractivity contribution in [2.24, 2.45) is 0 Å². The fourth-order valence-electron chi connectivity index (χ4n) is 1.39. The molecule has 1 aromatic rings. The smallest absolute Gasteiger partial charge is 0.141 e. The van der Waals surface area contributed by atoms with E-state index in [4.69, 9.17) is 21.8 Å². The molecule has 0 aliphatic carbocycles. The van der Waals surface area contributed by atoms with Gasteiger partial charge in [-0.15, -0.1) is 0 Å². The average Bonchev–Trinajstić information content (AvgIpc) is 2.25. The Bertz CT molecular complexity index is 345. The molecule has 0 unspecified atom stereocenters. The molecule has 0 aromatic heterocycles. The maximum Gasteiger partial charge on any atom is 0.141 e. The Morgan fingerprint density at radius 3 is 2.50 bits per heavy atom. The van der Waals surface area contributed by atoms with Gasteiger partial charge in [-0.3, -0.25) is 4.90 Å². The molecule has 0 fully saturated rings. The van der Waals surface area contributed by atoms with E-state index in [1.807, 2.05) is 0 Å². The van der Waals surface area contributed by atoms with Crippen LogP contribution in [0.4, 0.5) is 4.39 Å². The molecule has 16 heavy (non-hydrogen) atoms. The Kier molecular flexibility index (Phi) is 5.15. The SMILES string of the molecule is CN(Cc1ccc(F)c(Cl)c1)C(CO)CO. The quantitative estimate of drug-likeness (QED) is 0.824. The molecule has 3 nitrogen and oxygen atoms in total. The zero-order valence-corrected chi connectivity index (χ0v) is 9.78. The number of aliphatic hydroxyl groups excluding tert-OH is 2. The predicted octanol–water partition coefficient (Wildman–Crippen LogP) is 1.26. The monoisotopic (exact) mass is 247 g/mol. The summed E-state index contributed by atoms with van der Waals surface area (Å²) in [4.78, 5) is 1.78. The molecule has 0 bridgehead atoms. The fraction of sp³-hybridized carbons (Fsp3) is 0.455. The summed E-state index contributed by atoms with van der Waals surface area (Å²) in [5, 5.41) is 18.0. The number of hydrogen-bond donors (Lipinski definition) is 2. The first kappa shape index (κ1) is 13.4. The van der Waals surface area contributed by atoms with Crippen molar-refractivity contribution in [2.45, 2.75) is 12.6 Å². The van der Waals surface area contributed by atoms with Gasteiger partial charge in [-0.2, -0.15) is 0 Å². The summed E-state index contributed by atoms with van der Waals surface area (Å²) < 4.78 is 12.9. The van der Waals surface area contributed by atoms with Gasteiger partial charge in [-0.25, -0.2) is 4.39 Å². The van der Waals surface area contributed by atoms with E-state index in [-0.39, 0.29) is 24.3 Å². The topological polar surface area (TPSA) is 43.7 Å². The summed E-state index contributed by atoms with van der Waals surface area (Å²) in [7, 11) is 1.77. The molecule has 90 valence electrons. The van der Waals surface area contributed by atoms with Crippen LogP contribution in [0.2, 0.25) is 5.02 Å². The van der Waals surface area contributed by atoms with Gasteiger partial charge in [0.2, 0.25) is 0 Å². The Balaban J connectivity index is 2.69. The van der Waals surface area contributed by atoms with Crippen LogP contribution in [0.15, 0.2) is 18.2 Å². The molecule has 0 saturated carbocycles. The zero-order valence-electron chi connectivity index (χ0n) is 9.03. The largest absolute Gasteiger partial charge is 0.395 e. The summed E-state index contributed by atoms with van der Waals surface area (Å²) >= 11 is 5.65. The van der Waals surface area contributed by atoms with Crippen molar-refractivity contribution >= 4 is 11.6 Å². The Morgan fingerprint density at radius 1 is 1.38 bits per heavy atom. The van der Waals surface area contributed by atoms with Gasteiger partial charge >= 0.3 is 0 Å². The number of benzene rings is 1. The van der Waals surface area contributed by atoms with E-state index in [1.165, 1.54) is 6.07 Å². The molecule has 0 aliphatic rings. The second kappa shape index (κ2) is 6.15. The third kappa shape index (κ3) is 3.42. The first-order chi connectivity index (χ1) is 7.58. The molecule has 5 heteroatoms. The number of nitrogens with zero attached hydrogens (tertiary/aromatic N) is 1. The summed E-state index contributed by atoms with van der Waals surface area (Å²) in [5.41, 5.74) is 0.834. The lowest BCUT2D eigenvalue weighted by Gasteiger charge is -2.24. The highest BCUT2D eigenvalue weighted by Crippen LogP contribution is 2.17. The van der Waals surface area contributed by atoms with E-state index in [0.717, 1.165) is 5.56 Å². The normalized spacial score (nSPS) is 11.4. The van der Waals surface area contributed by atoms with Crippen molar-refractivity contribution in [3.63, 3.8) is 0 Å². The first-order valence-electron chi connectivity index (χ1n) is 4.94. The van der Waals surface area contributed by atoms with Gasteiger partial charge in [0.05, 0.1) is 24.3 Å². The molecular weight excluding hydrogens is 233 g/mol. The summed E-state index contributed by atoms with van der Waals surface area (Å²) in [6.07, 6.45) is 0. The van der Waals surface area contributed by atoms with Gasteiger partial charge in [0.25, 0.3) is 0 Å². The molecule has 1 rings (SSSR count). The molecule has 0 atom stereocenters. The highest BCUT2D eigenvalue weighted by atomic mass is 35.5. The lowest BCUT2D eigenvalue weighted by Crippen LogP contribution is -2.37. The van der Waals surface area contributed by atoms with Crippen LogP contribution in [-0.4, -0.2) is 41.4 Å². The second-order valence-electron chi connectivity index (χ2n) is 3.68. The van der Waals surface area contributed by atoms with Crippen molar-refractivity contribution in [1.29, 1.82) is 0 Å². The van der Waals surface area contributed by atoms with Crippen LogP contribution in [0, 0.1) is 5.82 Å². The average molecular weight is 248 g/mol. The van der Waals surface area contributed by atoms with Crippen LogP contribution >= 0.6 is 11.6 Å². The Morgan fingerprint density at radius 2 is 2.00 bits per heavy atom. The Hall–Kier alpha value is -0.680. The zero-order chi connectivity index (χ0) is 12.1. The number of rotatable bonds is 5. The van der Waals surface area contributed by atoms with Crippen LogP contribution in [0.1, 0.15) is 5.56 Å². The minimum absolute atomic E-state index is 0.0791. The van der Waals surface area contributed by atoms with Crippen LogP contribution in [0.5, 0.6) is 0 Å². The van der Waals surface area contributed by atoms with E-state index in [2.05, 4.69) is 0 Å². The molecule has 0 saturated heterocycles. The van der Waals surface area contributed by atoms with Crippen LogP contribution in [-0.2, 0) is 6.54 Å². The summed E-state index contributed by atoms with van der Waals surface area (Å²) in [5.74, 6) is -0.450. The van der Waals surface area contributed by atoms with E-state index in [0.29, 0.717) is 6.54 Å². The van der Waals surface area contributed by atoms with Gasteiger partial charge < -0.3 is 10.2 Å². The maximum atomic E-state index is 12.9. The van der Waals surface area contributed by atoms with Crippen molar-refractivity contribution in [3.05, 3.63) is 34.6 Å². The lowest BCUT2D eigenvalue weighted by molar-refractivity contribution is 0.0873. The van der Waals surface area contributed by atoms with Crippen LogP contribution < -0.4 is 0 Å². The first-order valence-corrected chi connectivity index (χ1v) is 5.32. The summed E-state index contributed by atoms with van der Waals surface area (Å²) in [6, 6.07) is 4.16. The molecule has 0 spiro atoms. The van der Waals surface area contributed by atoms with Gasteiger partial charge in [0, 0.05) is 6.54 Å². The van der Waals surface area contributed by atoms with Crippen LogP contribution in [0.25, 0.3) is 0 Å². The minimum atomic E-state index is -0.450. The highest BCUT2D eigenvalue weighted by Gasteiger charge is 2.13. The van der Waals surface area contributed by atoms with Crippen molar-refractivity contribution in [1.82, 2.24) is 4.90 Å². The van der Waals surface area contributed by atoms with Gasteiger partial charge in [-0.1, -0.05) is 17.7 Å². The standard InChI is InChI=1S/C11H15ClFNO2/c1-14(9(6-15)7-16)5-8-2-3-11(13)10(12)4-8/h2-4,9,15-16H,5-7H2,1H3. The van der Waals surface area contributed by atoms with Crippen molar-refractivity contribution in [2.75, 3.05) is 20.3 Å². The molecule has 0 amide bonds. The van der Waals surface area contributed by atoms with E-state index in [1.54, 1.807) is 24.1 Å². The molecule has 0 radical (unpaired) electrons.